The molecule has 0 saturated heterocycles. The molecule has 0 radical (unpaired) electrons. The lowest BCUT2D eigenvalue weighted by Crippen LogP contribution is -2.15. The number of nitrogens with zero attached hydrogens (tertiary/aromatic N) is 1. The number of likely N-dealkylation sites (N-methyl/N-ethyl adjacent to an activating group) is 1. The summed E-state index contributed by atoms with van der Waals surface area (Å²) in [5, 5.41) is 3.20. The predicted molar refractivity (Wildman–Crippen MR) is 47.1 cm³/mol. The molecule has 0 aliphatic heterocycles. The number of nitrogens with one attached hydrogen (secondary N) is 1. The number of thiazole rings is 1. The minimum absolute atomic E-state index is 0.682. The Hall–Kier alpha value is -0.410. The van der Waals surface area contributed by atoms with E-state index in [-0.39, 0.29) is 0 Å². The summed E-state index contributed by atoms with van der Waals surface area (Å²) in [6.45, 7) is 1.08. The second kappa shape index (κ2) is 2.91. The average molecular weight is 168 g/mol. The Balaban J connectivity index is 2.18. The van der Waals surface area contributed by atoms with Crippen LogP contribution in [0.5, 0.6) is 0 Å². The van der Waals surface area contributed by atoms with Crippen LogP contribution in [0.15, 0.2) is 5.51 Å². The van der Waals surface area contributed by atoms with E-state index in [0.29, 0.717) is 5.92 Å². The van der Waals surface area contributed by atoms with E-state index in [1.54, 1.807) is 11.3 Å². The SMILES string of the molecule is CNCC1CCc2scnc21. The van der Waals surface area contributed by atoms with Crippen LogP contribution in [-0.2, 0) is 6.42 Å². The normalized spacial score (nSPS) is 22.1. The van der Waals surface area contributed by atoms with Crippen molar-refractivity contribution >= 4 is 11.3 Å². The third-order valence-electron chi connectivity index (χ3n) is 2.23. The van der Waals surface area contributed by atoms with Gasteiger partial charge < -0.3 is 5.32 Å². The summed E-state index contributed by atoms with van der Waals surface area (Å²) in [7, 11) is 2.00. The molecule has 1 N–H and O–H groups in total. The number of fused-ring (bicyclic) bond motifs is 1. The van der Waals surface area contributed by atoms with Crippen LogP contribution in [0.25, 0.3) is 0 Å². The van der Waals surface area contributed by atoms with Crippen molar-refractivity contribution in [2.45, 2.75) is 18.8 Å². The standard InChI is InChI=1S/C8H12N2S/c1-9-4-6-2-3-7-8(6)10-5-11-7/h5-6,9H,2-4H2,1H3. The molecule has 1 aromatic heterocycles. The molecule has 11 heavy (non-hydrogen) atoms. The summed E-state index contributed by atoms with van der Waals surface area (Å²) in [6, 6.07) is 0. The Morgan fingerprint density at radius 2 is 2.73 bits per heavy atom. The Morgan fingerprint density at radius 1 is 1.82 bits per heavy atom. The van der Waals surface area contributed by atoms with Crippen LogP contribution >= 0.6 is 11.3 Å². The first kappa shape index (κ1) is 7.25. The first-order valence-electron chi connectivity index (χ1n) is 3.98. The molecule has 0 bridgehead atoms. The number of rotatable bonds is 2. The summed E-state index contributed by atoms with van der Waals surface area (Å²) in [6.07, 6.45) is 2.53. The largest absolute Gasteiger partial charge is 0.319 e. The van der Waals surface area contributed by atoms with Gasteiger partial charge >= 0.3 is 0 Å². The fraction of sp³-hybridized carbons (Fsp3) is 0.625. The minimum atomic E-state index is 0.682. The third kappa shape index (κ3) is 1.19. The van der Waals surface area contributed by atoms with Gasteiger partial charge in [-0.15, -0.1) is 11.3 Å². The maximum Gasteiger partial charge on any atom is 0.0797 e. The van der Waals surface area contributed by atoms with Gasteiger partial charge in [0.25, 0.3) is 0 Å². The zero-order valence-electron chi connectivity index (χ0n) is 6.63. The summed E-state index contributed by atoms with van der Waals surface area (Å²) < 4.78 is 0. The quantitative estimate of drug-likeness (QED) is 0.722. The predicted octanol–water partition coefficient (Wildman–Crippen LogP) is 1.39. The minimum Gasteiger partial charge on any atom is -0.319 e. The molecular formula is C8H12N2S. The van der Waals surface area contributed by atoms with E-state index in [0.717, 1.165) is 6.54 Å². The molecule has 1 aromatic rings. The highest BCUT2D eigenvalue weighted by Crippen LogP contribution is 2.33. The third-order valence-corrected chi connectivity index (χ3v) is 3.14. The summed E-state index contributed by atoms with van der Waals surface area (Å²) in [5.41, 5.74) is 3.32. The van der Waals surface area contributed by atoms with Crippen LogP contribution in [0.3, 0.4) is 0 Å². The van der Waals surface area contributed by atoms with Gasteiger partial charge in [-0.25, -0.2) is 4.98 Å². The Morgan fingerprint density at radius 3 is 3.55 bits per heavy atom. The summed E-state index contributed by atoms with van der Waals surface area (Å²) in [4.78, 5) is 5.88. The molecule has 0 aromatic carbocycles. The zero-order valence-corrected chi connectivity index (χ0v) is 7.45. The van der Waals surface area contributed by atoms with Crippen LogP contribution in [0, 0.1) is 0 Å². The van der Waals surface area contributed by atoms with Gasteiger partial charge in [-0.3, -0.25) is 0 Å². The van der Waals surface area contributed by atoms with Crippen LogP contribution in [0.2, 0.25) is 0 Å². The Labute approximate surface area is 70.7 Å². The molecule has 1 aliphatic rings. The van der Waals surface area contributed by atoms with Gasteiger partial charge in [-0.2, -0.15) is 0 Å². The molecule has 2 nitrogen and oxygen atoms in total. The van der Waals surface area contributed by atoms with Crippen LogP contribution in [0.1, 0.15) is 22.9 Å². The topological polar surface area (TPSA) is 24.9 Å². The molecule has 0 saturated carbocycles. The van der Waals surface area contributed by atoms with Gasteiger partial charge in [0.1, 0.15) is 0 Å². The summed E-state index contributed by atoms with van der Waals surface area (Å²) >= 11 is 1.80. The van der Waals surface area contributed by atoms with Crippen molar-refractivity contribution in [3.05, 3.63) is 16.1 Å². The summed E-state index contributed by atoms with van der Waals surface area (Å²) in [5.74, 6) is 0.682. The van der Waals surface area contributed by atoms with E-state index in [2.05, 4.69) is 10.3 Å². The second-order valence-corrected chi connectivity index (χ2v) is 3.89. The molecule has 1 unspecified atom stereocenters. The lowest BCUT2D eigenvalue weighted by atomic mass is 10.1. The van der Waals surface area contributed by atoms with Crippen LogP contribution < -0.4 is 5.32 Å². The molecule has 3 heteroatoms. The van der Waals surface area contributed by atoms with Gasteiger partial charge in [0.15, 0.2) is 0 Å². The smallest absolute Gasteiger partial charge is 0.0797 e. The van der Waals surface area contributed by atoms with E-state index in [4.69, 9.17) is 0 Å². The first-order valence-corrected chi connectivity index (χ1v) is 4.86. The van der Waals surface area contributed by atoms with Crippen molar-refractivity contribution in [3.63, 3.8) is 0 Å². The van der Waals surface area contributed by atoms with Crippen LogP contribution in [0.4, 0.5) is 0 Å². The fourth-order valence-electron chi connectivity index (χ4n) is 1.69. The number of aromatic nitrogens is 1. The highest BCUT2D eigenvalue weighted by atomic mass is 32.1. The lowest BCUT2D eigenvalue weighted by Gasteiger charge is -2.06. The van der Waals surface area contributed by atoms with Gasteiger partial charge in [0, 0.05) is 17.3 Å². The zero-order chi connectivity index (χ0) is 7.68. The van der Waals surface area contributed by atoms with Gasteiger partial charge in [0.2, 0.25) is 0 Å². The van der Waals surface area contributed by atoms with Crippen molar-refractivity contribution in [2.24, 2.45) is 0 Å². The molecule has 0 amide bonds. The maximum absolute atomic E-state index is 4.38. The highest BCUT2D eigenvalue weighted by molar-refractivity contribution is 7.09. The second-order valence-electron chi connectivity index (χ2n) is 2.95. The average Bonchev–Trinajstić information content (AvgIpc) is 2.53. The number of aryl methyl sites for hydroxylation is 1. The van der Waals surface area contributed by atoms with Crippen molar-refractivity contribution in [1.29, 1.82) is 0 Å². The van der Waals surface area contributed by atoms with E-state index in [9.17, 15) is 0 Å². The molecule has 0 spiro atoms. The highest BCUT2D eigenvalue weighted by Gasteiger charge is 2.23. The molecule has 2 rings (SSSR count). The monoisotopic (exact) mass is 168 g/mol. The Kier molecular flexibility index (Phi) is 1.92. The molecule has 1 aliphatic carbocycles. The molecule has 60 valence electrons. The van der Waals surface area contributed by atoms with Crippen LogP contribution in [-0.4, -0.2) is 18.6 Å². The van der Waals surface area contributed by atoms with Gasteiger partial charge in [0.05, 0.1) is 11.2 Å². The molecule has 1 atom stereocenters. The first-order chi connectivity index (χ1) is 5.42. The fourth-order valence-corrected chi connectivity index (χ4v) is 2.56. The maximum atomic E-state index is 4.38. The van der Waals surface area contributed by atoms with E-state index < -0.39 is 0 Å². The molecule has 0 fully saturated rings. The lowest BCUT2D eigenvalue weighted by molar-refractivity contribution is 0.613. The Bertz CT molecular complexity index is 244. The number of hydrogen-bond acceptors (Lipinski definition) is 3. The van der Waals surface area contributed by atoms with E-state index >= 15 is 0 Å². The van der Waals surface area contributed by atoms with Crippen molar-refractivity contribution < 1.29 is 0 Å². The van der Waals surface area contributed by atoms with E-state index in [1.165, 1.54) is 23.4 Å². The van der Waals surface area contributed by atoms with Crippen molar-refractivity contribution in [1.82, 2.24) is 10.3 Å². The number of hydrogen-bond donors (Lipinski definition) is 1. The van der Waals surface area contributed by atoms with Crippen molar-refractivity contribution in [3.8, 4) is 0 Å². The van der Waals surface area contributed by atoms with Gasteiger partial charge in [-0.05, 0) is 19.9 Å². The molecule has 1 heterocycles. The molecular weight excluding hydrogens is 156 g/mol. The van der Waals surface area contributed by atoms with Crippen molar-refractivity contribution in [2.75, 3.05) is 13.6 Å². The van der Waals surface area contributed by atoms with Gasteiger partial charge in [-0.1, -0.05) is 0 Å². The van der Waals surface area contributed by atoms with E-state index in [1.807, 2.05) is 12.6 Å².